The number of nitrogen functional groups attached to an aromatic ring is 1. The summed E-state index contributed by atoms with van der Waals surface area (Å²) in [6.45, 7) is 2.47. The van der Waals surface area contributed by atoms with Gasteiger partial charge in [0, 0.05) is 19.1 Å². The Labute approximate surface area is 120 Å². The van der Waals surface area contributed by atoms with Crippen LogP contribution in [-0.4, -0.2) is 39.1 Å². The maximum Gasteiger partial charge on any atom is 0.350 e. The van der Waals surface area contributed by atoms with Gasteiger partial charge in [0.1, 0.15) is 9.88 Å². The molecule has 1 aromatic rings. The van der Waals surface area contributed by atoms with Crippen molar-refractivity contribution in [1.29, 1.82) is 0 Å². The summed E-state index contributed by atoms with van der Waals surface area (Å²) in [6.07, 6.45) is 3.02. The van der Waals surface area contributed by atoms with E-state index in [0.717, 1.165) is 36.1 Å². The number of thioether (sulfide) groups is 1. The van der Waals surface area contributed by atoms with E-state index in [-0.39, 0.29) is 5.97 Å². The molecular formula is C12H18N2O3S2. The fourth-order valence-corrected chi connectivity index (χ4v) is 3.93. The summed E-state index contributed by atoms with van der Waals surface area (Å²) in [5.74, 6) is 0.148. The van der Waals surface area contributed by atoms with Gasteiger partial charge in [-0.25, -0.2) is 4.79 Å². The van der Waals surface area contributed by atoms with Gasteiger partial charge in [-0.2, -0.15) is 0 Å². The number of hydrogen-bond donors (Lipinski definition) is 2. The molecule has 2 rings (SSSR count). The van der Waals surface area contributed by atoms with Crippen LogP contribution in [0.5, 0.6) is 0 Å². The number of thiophene rings is 1. The number of hydrogen-bond acceptors (Lipinski definition) is 7. The van der Waals surface area contributed by atoms with Gasteiger partial charge in [-0.05, 0) is 12.7 Å². The highest BCUT2D eigenvalue weighted by Crippen LogP contribution is 2.42. The van der Waals surface area contributed by atoms with E-state index in [0.29, 0.717) is 16.5 Å². The summed E-state index contributed by atoms with van der Waals surface area (Å²) in [6, 6.07) is 0. The third kappa shape index (κ3) is 3.16. The van der Waals surface area contributed by atoms with E-state index < -0.39 is 0 Å². The Morgan fingerprint density at radius 1 is 1.68 bits per heavy atom. The third-order valence-electron chi connectivity index (χ3n) is 3.05. The van der Waals surface area contributed by atoms with Gasteiger partial charge in [-0.1, -0.05) is 0 Å². The molecule has 1 aromatic heterocycles. The van der Waals surface area contributed by atoms with Crippen LogP contribution < -0.4 is 11.1 Å². The molecule has 0 saturated carbocycles. The second kappa shape index (κ2) is 6.49. The van der Waals surface area contributed by atoms with Crippen LogP contribution in [0.3, 0.4) is 0 Å². The molecule has 1 aliphatic heterocycles. The van der Waals surface area contributed by atoms with Crippen molar-refractivity contribution >= 4 is 39.8 Å². The van der Waals surface area contributed by atoms with Gasteiger partial charge in [-0.15, -0.1) is 23.1 Å². The molecule has 106 valence electrons. The number of rotatable bonds is 5. The van der Waals surface area contributed by atoms with E-state index >= 15 is 0 Å². The topological polar surface area (TPSA) is 73.6 Å². The number of nitrogens with two attached hydrogens (primary N) is 1. The van der Waals surface area contributed by atoms with Crippen molar-refractivity contribution in [1.82, 2.24) is 0 Å². The first-order valence-corrected chi connectivity index (χ1v) is 8.07. The molecule has 3 N–H and O–H groups in total. The Hall–Kier alpha value is -0.920. The standard InChI is InChI=1S/C12H18N2O3S2/c1-16-12(15)10-8(13)9(18-2)11(19-10)14-5-7-3-4-17-6-7/h7,14H,3-6,13H2,1-2H3. The fraction of sp³-hybridized carbons (Fsp3) is 0.583. The molecule has 0 aliphatic carbocycles. The van der Waals surface area contributed by atoms with Crippen molar-refractivity contribution in [2.45, 2.75) is 11.3 Å². The number of methoxy groups -OCH3 is 1. The highest BCUT2D eigenvalue weighted by molar-refractivity contribution is 7.99. The van der Waals surface area contributed by atoms with Crippen LogP contribution in [-0.2, 0) is 9.47 Å². The number of carbonyl (C=O) groups is 1. The Morgan fingerprint density at radius 3 is 3.05 bits per heavy atom. The van der Waals surface area contributed by atoms with Crippen molar-refractivity contribution < 1.29 is 14.3 Å². The lowest BCUT2D eigenvalue weighted by Gasteiger charge is -2.10. The Bertz CT molecular complexity index is 456. The first kappa shape index (κ1) is 14.5. The minimum absolute atomic E-state index is 0.380. The second-order valence-corrected chi connectivity index (χ2v) is 6.15. The van der Waals surface area contributed by atoms with E-state index in [1.54, 1.807) is 0 Å². The van der Waals surface area contributed by atoms with E-state index in [1.165, 1.54) is 30.2 Å². The zero-order chi connectivity index (χ0) is 13.8. The normalized spacial score (nSPS) is 18.5. The minimum Gasteiger partial charge on any atom is -0.465 e. The first-order valence-electron chi connectivity index (χ1n) is 6.03. The highest BCUT2D eigenvalue weighted by atomic mass is 32.2. The molecule has 2 heterocycles. The molecule has 1 aliphatic rings. The smallest absolute Gasteiger partial charge is 0.350 e. The maximum absolute atomic E-state index is 11.6. The molecule has 1 fully saturated rings. The number of nitrogens with one attached hydrogen (secondary N) is 1. The Kier molecular flexibility index (Phi) is 4.95. The summed E-state index contributed by atoms with van der Waals surface area (Å²) >= 11 is 2.89. The molecule has 1 unspecified atom stereocenters. The zero-order valence-corrected chi connectivity index (χ0v) is 12.7. The van der Waals surface area contributed by atoms with Gasteiger partial charge in [-0.3, -0.25) is 0 Å². The average Bonchev–Trinajstić information content (AvgIpc) is 3.03. The van der Waals surface area contributed by atoms with Gasteiger partial charge in [0.2, 0.25) is 0 Å². The van der Waals surface area contributed by atoms with Crippen molar-refractivity contribution in [3.05, 3.63) is 4.88 Å². The van der Waals surface area contributed by atoms with Crippen molar-refractivity contribution in [2.24, 2.45) is 5.92 Å². The van der Waals surface area contributed by atoms with Crippen molar-refractivity contribution in [3.8, 4) is 0 Å². The summed E-state index contributed by atoms with van der Waals surface area (Å²) in [7, 11) is 1.36. The molecular weight excluding hydrogens is 284 g/mol. The zero-order valence-electron chi connectivity index (χ0n) is 11.0. The van der Waals surface area contributed by atoms with Crippen LogP contribution in [0.4, 0.5) is 10.7 Å². The molecule has 1 atom stereocenters. The van der Waals surface area contributed by atoms with Crippen molar-refractivity contribution in [2.75, 3.05) is 44.2 Å². The number of carbonyl (C=O) groups excluding carboxylic acids is 1. The third-order valence-corrected chi connectivity index (χ3v) is 5.15. The van der Waals surface area contributed by atoms with Crippen LogP contribution in [0, 0.1) is 5.92 Å². The Morgan fingerprint density at radius 2 is 2.47 bits per heavy atom. The summed E-state index contributed by atoms with van der Waals surface area (Å²) in [4.78, 5) is 13.0. The predicted molar refractivity (Wildman–Crippen MR) is 79.3 cm³/mol. The molecule has 1 saturated heterocycles. The predicted octanol–water partition coefficient (Wildman–Crippen LogP) is 2.29. The lowest BCUT2D eigenvalue weighted by atomic mass is 10.1. The summed E-state index contributed by atoms with van der Waals surface area (Å²) < 4.78 is 10.1. The lowest BCUT2D eigenvalue weighted by Crippen LogP contribution is -2.13. The highest BCUT2D eigenvalue weighted by Gasteiger charge is 2.22. The van der Waals surface area contributed by atoms with Crippen LogP contribution >= 0.6 is 23.1 Å². The van der Waals surface area contributed by atoms with E-state index in [4.69, 9.17) is 15.2 Å². The maximum atomic E-state index is 11.6. The molecule has 0 radical (unpaired) electrons. The van der Waals surface area contributed by atoms with Gasteiger partial charge >= 0.3 is 5.97 Å². The largest absolute Gasteiger partial charge is 0.465 e. The first-order chi connectivity index (χ1) is 9.17. The van der Waals surface area contributed by atoms with Gasteiger partial charge < -0.3 is 20.5 Å². The molecule has 7 heteroatoms. The molecule has 5 nitrogen and oxygen atoms in total. The average molecular weight is 302 g/mol. The van der Waals surface area contributed by atoms with Crippen LogP contribution in [0.2, 0.25) is 0 Å². The van der Waals surface area contributed by atoms with E-state index in [2.05, 4.69) is 5.32 Å². The fourth-order valence-electron chi connectivity index (χ4n) is 1.97. The second-order valence-electron chi connectivity index (χ2n) is 4.31. The Balaban J connectivity index is 2.12. The van der Waals surface area contributed by atoms with E-state index in [9.17, 15) is 4.79 Å². The van der Waals surface area contributed by atoms with Gasteiger partial charge in [0.05, 0.1) is 24.3 Å². The molecule has 0 spiro atoms. The molecule has 0 amide bonds. The molecule has 19 heavy (non-hydrogen) atoms. The molecule has 0 bridgehead atoms. The van der Waals surface area contributed by atoms with Gasteiger partial charge in [0.15, 0.2) is 0 Å². The number of ether oxygens (including phenoxy) is 2. The quantitative estimate of drug-likeness (QED) is 0.642. The number of esters is 1. The van der Waals surface area contributed by atoms with Crippen LogP contribution in [0.1, 0.15) is 16.1 Å². The van der Waals surface area contributed by atoms with Crippen LogP contribution in [0.15, 0.2) is 4.90 Å². The van der Waals surface area contributed by atoms with Crippen molar-refractivity contribution in [3.63, 3.8) is 0 Å². The van der Waals surface area contributed by atoms with Gasteiger partial charge in [0.25, 0.3) is 0 Å². The molecule has 0 aromatic carbocycles. The monoisotopic (exact) mass is 302 g/mol. The summed E-state index contributed by atoms with van der Waals surface area (Å²) in [5, 5.41) is 4.32. The minimum atomic E-state index is -0.380. The SMILES string of the molecule is COC(=O)c1sc(NCC2CCOC2)c(SC)c1N. The summed E-state index contributed by atoms with van der Waals surface area (Å²) in [5.41, 5.74) is 6.51. The lowest BCUT2D eigenvalue weighted by molar-refractivity contribution is 0.0607. The number of anilines is 2. The van der Waals surface area contributed by atoms with Crippen LogP contribution in [0.25, 0.3) is 0 Å². The van der Waals surface area contributed by atoms with E-state index in [1.807, 2.05) is 6.26 Å².